The number of nitrogens with zero attached hydrogens (tertiary/aromatic N) is 6. The van der Waals surface area contributed by atoms with Gasteiger partial charge in [-0.25, -0.2) is 13.8 Å². The van der Waals surface area contributed by atoms with Gasteiger partial charge in [-0.05, 0) is 43.3 Å². The van der Waals surface area contributed by atoms with Crippen LogP contribution in [-0.4, -0.2) is 74.3 Å². The summed E-state index contributed by atoms with van der Waals surface area (Å²) in [5.41, 5.74) is 0.594. The number of hydrogen-bond acceptors (Lipinski definition) is 9. The fraction of sp³-hybridized carbons (Fsp3) is 0.250. The number of benzene rings is 2. The lowest BCUT2D eigenvalue weighted by Gasteiger charge is -2.36. The summed E-state index contributed by atoms with van der Waals surface area (Å²) in [4.78, 5) is 40.4. The molecule has 1 aliphatic heterocycles. The SMILES string of the molecule is C=CC(=O)Nc1cccc(-n2cnc(=O)c3cnc(Nc4ccc(N5CCN(C[C@H](C)O)CC5)c(F)c4F)nc32)c1. The summed E-state index contributed by atoms with van der Waals surface area (Å²) in [5, 5.41) is 15.1. The Hall–Kier alpha value is -4.75. The van der Waals surface area contributed by atoms with Crippen LogP contribution in [0.5, 0.6) is 0 Å². The zero-order valence-corrected chi connectivity index (χ0v) is 22.2. The molecule has 0 saturated carbocycles. The normalized spacial score (nSPS) is 14.6. The van der Waals surface area contributed by atoms with E-state index in [1.54, 1.807) is 36.1 Å². The number of hydrogen-bond donors (Lipinski definition) is 3. The number of piperazine rings is 1. The number of β-amino-alcohol motifs (C(OH)–C–C–N with tert-alkyl or cyclic N) is 1. The second-order valence-electron chi connectivity index (χ2n) is 9.62. The summed E-state index contributed by atoms with van der Waals surface area (Å²) in [5.74, 6) is -2.54. The van der Waals surface area contributed by atoms with Crippen LogP contribution in [-0.2, 0) is 4.79 Å². The minimum absolute atomic E-state index is 0.0641. The third-order valence-electron chi connectivity index (χ3n) is 6.64. The Balaban J connectivity index is 1.42. The van der Waals surface area contributed by atoms with E-state index in [-0.39, 0.29) is 28.4 Å². The summed E-state index contributed by atoms with van der Waals surface area (Å²) in [7, 11) is 0. The van der Waals surface area contributed by atoms with Gasteiger partial charge in [0.2, 0.25) is 11.9 Å². The molecule has 1 amide bonds. The van der Waals surface area contributed by atoms with Crippen molar-refractivity contribution in [3.63, 3.8) is 0 Å². The summed E-state index contributed by atoms with van der Waals surface area (Å²) >= 11 is 0. The predicted octanol–water partition coefficient (Wildman–Crippen LogP) is 2.82. The Bertz CT molecular complexity index is 1670. The molecule has 1 fully saturated rings. The number of halogens is 2. The highest BCUT2D eigenvalue weighted by Gasteiger charge is 2.23. The van der Waals surface area contributed by atoms with Crippen LogP contribution in [0.25, 0.3) is 16.7 Å². The average Bonchev–Trinajstić information content (AvgIpc) is 2.96. The first-order valence-corrected chi connectivity index (χ1v) is 12.9. The van der Waals surface area contributed by atoms with Crippen LogP contribution in [0.1, 0.15) is 6.92 Å². The second-order valence-corrected chi connectivity index (χ2v) is 9.62. The number of aliphatic hydroxyl groups excluding tert-OH is 1. The maximum Gasteiger partial charge on any atom is 0.283 e. The van der Waals surface area contributed by atoms with Crippen molar-refractivity contribution in [1.29, 1.82) is 0 Å². The first-order chi connectivity index (χ1) is 19.7. The molecular weight excluding hydrogens is 534 g/mol. The molecule has 3 heterocycles. The number of fused-ring (bicyclic) bond motifs is 1. The number of aromatic nitrogens is 4. The van der Waals surface area contributed by atoms with E-state index < -0.39 is 29.2 Å². The highest BCUT2D eigenvalue weighted by Crippen LogP contribution is 2.29. The van der Waals surface area contributed by atoms with Crippen LogP contribution < -0.4 is 21.1 Å². The van der Waals surface area contributed by atoms with Gasteiger partial charge in [0.25, 0.3) is 5.56 Å². The molecule has 212 valence electrons. The molecular formula is C28H28F2N8O3. The largest absolute Gasteiger partial charge is 0.392 e. The molecule has 0 unspecified atom stereocenters. The molecule has 0 aliphatic carbocycles. The molecule has 3 N–H and O–H groups in total. The van der Waals surface area contributed by atoms with Crippen LogP contribution in [0.15, 0.2) is 66.4 Å². The lowest BCUT2D eigenvalue weighted by Crippen LogP contribution is -2.48. The third kappa shape index (κ3) is 6.05. The molecule has 11 nitrogen and oxygen atoms in total. The maximum atomic E-state index is 15.2. The molecule has 4 aromatic rings. The molecule has 1 atom stereocenters. The van der Waals surface area contributed by atoms with Crippen LogP contribution in [0.3, 0.4) is 0 Å². The topological polar surface area (TPSA) is 129 Å². The minimum atomic E-state index is -1.09. The number of anilines is 4. The van der Waals surface area contributed by atoms with E-state index >= 15 is 8.78 Å². The quantitative estimate of drug-likeness (QED) is 0.278. The van der Waals surface area contributed by atoms with Gasteiger partial charge >= 0.3 is 0 Å². The zero-order chi connectivity index (χ0) is 29.1. The monoisotopic (exact) mass is 562 g/mol. The third-order valence-corrected chi connectivity index (χ3v) is 6.64. The summed E-state index contributed by atoms with van der Waals surface area (Å²) in [6, 6.07) is 9.67. The summed E-state index contributed by atoms with van der Waals surface area (Å²) < 4.78 is 31.9. The van der Waals surface area contributed by atoms with Gasteiger partial charge in [-0.2, -0.15) is 9.97 Å². The summed E-state index contributed by atoms with van der Waals surface area (Å²) in [6.45, 7) is 7.91. The Morgan fingerprint density at radius 2 is 1.93 bits per heavy atom. The van der Waals surface area contributed by atoms with Crippen molar-refractivity contribution < 1.29 is 18.7 Å². The van der Waals surface area contributed by atoms with E-state index in [1.807, 2.05) is 0 Å². The lowest BCUT2D eigenvalue weighted by atomic mass is 10.2. The summed E-state index contributed by atoms with van der Waals surface area (Å²) in [6.07, 6.45) is 3.23. The van der Waals surface area contributed by atoms with Crippen LogP contribution in [0.4, 0.5) is 31.8 Å². The fourth-order valence-corrected chi connectivity index (χ4v) is 4.66. The van der Waals surface area contributed by atoms with E-state index in [0.29, 0.717) is 44.1 Å². The fourth-order valence-electron chi connectivity index (χ4n) is 4.66. The van der Waals surface area contributed by atoms with Gasteiger partial charge in [0, 0.05) is 44.6 Å². The van der Waals surface area contributed by atoms with Gasteiger partial charge in [0.05, 0.1) is 23.2 Å². The Morgan fingerprint density at radius 3 is 2.66 bits per heavy atom. The number of rotatable bonds is 8. The first-order valence-electron chi connectivity index (χ1n) is 12.9. The van der Waals surface area contributed by atoms with Crippen molar-refractivity contribution in [2.45, 2.75) is 13.0 Å². The maximum absolute atomic E-state index is 15.2. The average molecular weight is 563 g/mol. The van der Waals surface area contributed by atoms with Crippen molar-refractivity contribution in [3.8, 4) is 5.69 Å². The van der Waals surface area contributed by atoms with Gasteiger partial charge in [-0.1, -0.05) is 12.6 Å². The predicted molar refractivity (Wildman–Crippen MR) is 152 cm³/mol. The Kier molecular flexibility index (Phi) is 7.99. The molecule has 2 aromatic heterocycles. The molecule has 0 radical (unpaired) electrons. The van der Waals surface area contributed by atoms with Gasteiger partial charge in [0.1, 0.15) is 11.7 Å². The van der Waals surface area contributed by atoms with Crippen molar-refractivity contribution >= 4 is 40.0 Å². The van der Waals surface area contributed by atoms with Crippen molar-refractivity contribution in [3.05, 3.63) is 83.6 Å². The van der Waals surface area contributed by atoms with E-state index in [2.05, 4.69) is 37.1 Å². The molecule has 13 heteroatoms. The number of carbonyl (C=O) groups is 1. The first kappa shape index (κ1) is 27.8. The van der Waals surface area contributed by atoms with E-state index in [4.69, 9.17) is 0 Å². The molecule has 1 saturated heterocycles. The van der Waals surface area contributed by atoms with E-state index in [0.717, 1.165) is 6.08 Å². The number of carbonyl (C=O) groups excluding carboxylic acids is 1. The zero-order valence-electron chi connectivity index (χ0n) is 22.2. The van der Waals surface area contributed by atoms with Crippen LogP contribution >= 0.6 is 0 Å². The Labute approximate surface area is 233 Å². The van der Waals surface area contributed by atoms with Crippen molar-refractivity contribution in [1.82, 2.24) is 24.4 Å². The highest BCUT2D eigenvalue weighted by molar-refractivity contribution is 5.99. The molecule has 2 aromatic carbocycles. The van der Waals surface area contributed by atoms with Gasteiger partial charge in [0.15, 0.2) is 17.3 Å². The Morgan fingerprint density at radius 1 is 1.15 bits per heavy atom. The van der Waals surface area contributed by atoms with Crippen molar-refractivity contribution in [2.75, 3.05) is 48.3 Å². The molecule has 5 rings (SSSR count). The minimum Gasteiger partial charge on any atom is -0.392 e. The van der Waals surface area contributed by atoms with Gasteiger partial charge < -0.3 is 20.6 Å². The molecule has 0 bridgehead atoms. The molecule has 0 spiro atoms. The van der Waals surface area contributed by atoms with Crippen LogP contribution in [0.2, 0.25) is 0 Å². The second kappa shape index (κ2) is 11.8. The number of nitrogens with one attached hydrogen (secondary N) is 2. The lowest BCUT2D eigenvalue weighted by molar-refractivity contribution is -0.111. The number of amides is 1. The number of aliphatic hydroxyl groups is 1. The van der Waals surface area contributed by atoms with Gasteiger partial charge in [-0.15, -0.1) is 0 Å². The molecule has 41 heavy (non-hydrogen) atoms. The highest BCUT2D eigenvalue weighted by atomic mass is 19.2. The van der Waals surface area contributed by atoms with Crippen molar-refractivity contribution in [2.24, 2.45) is 0 Å². The van der Waals surface area contributed by atoms with E-state index in [9.17, 15) is 14.7 Å². The standard InChI is InChI=1S/C28H28F2N8O3/c1-3-23(40)33-18-5-4-6-19(13-18)38-16-32-27(41)20-14-31-28(35-26(20)38)34-21-7-8-22(25(30)24(21)29)37-11-9-36(10-12-37)15-17(2)39/h3-8,13-14,16-17,39H,1,9-12,15H2,2H3,(H,33,40)(H,31,34,35)/t17-/m0/s1. The smallest absolute Gasteiger partial charge is 0.283 e. The van der Waals surface area contributed by atoms with Crippen LogP contribution in [0, 0.1) is 11.6 Å². The molecule has 1 aliphatic rings. The van der Waals surface area contributed by atoms with E-state index in [1.165, 1.54) is 29.2 Å². The van der Waals surface area contributed by atoms with Gasteiger partial charge in [-0.3, -0.25) is 19.1 Å².